The van der Waals surface area contributed by atoms with E-state index in [1.165, 1.54) is 16.7 Å². The average molecular weight is 458 g/mol. The number of pyridine rings is 1. The monoisotopic (exact) mass is 457 g/mol. The van der Waals surface area contributed by atoms with E-state index < -0.39 is 8.32 Å². The van der Waals surface area contributed by atoms with Crippen LogP contribution in [-0.2, 0) is 10.8 Å². The highest BCUT2D eigenvalue weighted by Crippen LogP contribution is 2.36. The third kappa shape index (κ3) is 6.75. The first-order valence-corrected chi connectivity index (χ1v) is 15.1. The molecule has 0 aliphatic heterocycles. The SMILES string of the molecule is CCc1ccc(-c2ccc(C=CCCCO[Si](C)(C)C(C)(C)C)nc2-c2ccccc2)cc1. The molecule has 0 fully saturated rings. The topological polar surface area (TPSA) is 22.1 Å². The Morgan fingerprint density at radius 1 is 0.879 bits per heavy atom. The van der Waals surface area contributed by atoms with Gasteiger partial charge >= 0.3 is 0 Å². The van der Waals surface area contributed by atoms with Crippen LogP contribution in [0.3, 0.4) is 0 Å². The number of allylic oxidation sites excluding steroid dienone is 1. The maximum atomic E-state index is 6.29. The first-order chi connectivity index (χ1) is 15.7. The van der Waals surface area contributed by atoms with Crippen LogP contribution in [0.4, 0.5) is 0 Å². The van der Waals surface area contributed by atoms with Crippen molar-refractivity contribution in [3.05, 3.63) is 84.1 Å². The molecule has 1 aromatic heterocycles. The molecule has 3 heteroatoms. The van der Waals surface area contributed by atoms with E-state index in [0.29, 0.717) is 0 Å². The van der Waals surface area contributed by atoms with E-state index in [-0.39, 0.29) is 5.04 Å². The minimum atomic E-state index is -1.66. The van der Waals surface area contributed by atoms with Gasteiger partial charge in [0, 0.05) is 17.7 Å². The van der Waals surface area contributed by atoms with Crippen LogP contribution in [0.25, 0.3) is 28.5 Å². The predicted molar refractivity (Wildman–Crippen MR) is 146 cm³/mol. The molecule has 0 aliphatic carbocycles. The maximum Gasteiger partial charge on any atom is 0.191 e. The van der Waals surface area contributed by atoms with Crippen molar-refractivity contribution in [1.82, 2.24) is 4.98 Å². The molecule has 0 saturated heterocycles. The summed E-state index contributed by atoms with van der Waals surface area (Å²) in [5.74, 6) is 0. The Morgan fingerprint density at radius 2 is 1.58 bits per heavy atom. The molecule has 0 aliphatic rings. The van der Waals surface area contributed by atoms with Gasteiger partial charge in [-0.15, -0.1) is 0 Å². The van der Waals surface area contributed by atoms with Gasteiger partial charge in [0.05, 0.1) is 11.4 Å². The Kier molecular flexibility index (Phi) is 8.44. The molecule has 0 bridgehead atoms. The molecule has 174 valence electrons. The number of benzene rings is 2. The zero-order chi connectivity index (χ0) is 23.9. The summed E-state index contributed by atoms with van der Waals surface area (Å²) in [5, 5.41) is 0.263. The lowest BCUT2D eigenvalue weighted by Gasteiger charge is -2.36. The molecule has 33 heavy (non-hydrogen) atoms. The van der Waals surface area contributed by atoms with Gasteiger partial charge in [-0.1, -0.05) is 94.4 Å². The summed E-state index contributed by atoms with van der Waals surface area (Å²) in [6, 6.07) is 23.6. The number of hydrogen-bond acceptors (Lipinski definition) is 2. The zero-order valence-electron chi connectivity index (χ0n) is 21.2. The molecule has 2 aromatic carbocycles. The molecule has 1 heterocycles. The van der Waals surface area contributed by atoms with Gasteiger partial charge < -0.3 is 4.43 Å². The fourth-order valence-corrected chi connectivity index (χ4v) is 4.57. The van der Waals surface area contributed by atoms with Crippen LogP contribution >= 0.6 is 0 Å². The van der Waals surface area contributed by atoms with Crippen LogP contribution in [0.1, 0.15) is 51.8 Å². The van der Waals surface area contributed by atoms with Crippen molar-refractivity contribution in [2.24, 2.45) is 0 Å². The van der Waals surface area contributed by atoms with Gasteiger partial charge in [0.2, 0.25) is 0 Å². The Bertz CT molecular complexity index is 1050. The molecule has 0 spiro atoms. The Morgan fingerprint density at radius 3 is 2.21 bits per heavy atom. The Hall–Kier alpha value is -2.49. The largest absolute Gasteiger partial charge is 0.417 e. The van der Waals surface area contributed by atoms with Gasteiger partial charge in [0.15, 0.2) is 8.32 Å². The van der Waals surface area contributed by atoms with Crippen molar-refractivity contribution in [3.63, 3.8) is 0 Å². The smallest absolute Gasteiger partial charge is 0.191 e. The minimum absolute atomic E-state index is 0.263. The van der Waals surface area contributed by atoms with Crippen molar-refractivity contribution < 1.29 is 4.43 Å². The van der Waals surface area contributed by atoms with Crippen molar-refractivity contribution in [1.29, 1.82) is 0 Å². The lowest BCUT2D eigenvalue weighted by atomic mass is 9.97. The normalized spacial score (nSPS) is 12.4. The summed E-state index contributed by atoms with van der Waals surface area (Å²) in [4.78, 5) is 5.04. The zero-order valence-corrected chi connectivity index (χ0v) is 22.2. The van der Waals surface area contributed by atoms with Gasteiger partial charge in [-0.2, -0.15) is 0 Å². The van der Waals surface area contributed by atoms with E-state index in [9.17, 15) is 0 Å². The highest BCUT2D eigenvalue weighted by atomic mass is 28.4. The summed E-state index contributed by atoms with van der Waals surface area (Å²) < 4.78 is 6.29. The van der Waals surface area contributed by atoms with Gasteiger partial charge in [0.25, 0.3) is 0 Å². The quantitative estimate of drug-likeness (QED) is 0.236. The highest BCUT2D eigenvalue weighted by Gasteiger charge is 2.36. The fraction of sp³-hybridized carbons (Fsp3) is 0.367. The summed E-state index contributed by atoms with van der Waals surface area (Å²) in [7, 11) is -1.66. The molecule has 0 amide bonds. The van der Waals surface area contributed by atoms with E-state index in [4.69, 9.17) is 9.41 Å². The van der Waals surface area contributed by atoms with Crippen molar-refractivity contribution in [2.45, 2.75) is 65.1 Å². The van der Waals surface area contributed by atoms with Crippen molar-refractivity contribution >= 4 is 14.4 Å². The molecule has 0 saturated carbocycles. The number of aryl methyl sites for hydroxylation is 1. The van der Waals surface area contributed by atoms with Crippen LogP contribution < -0.4 is 0 Å². The van der Waals surface area contributed by atoms with E-state index in [1.807, 2.05) is 0 Å². The van der Waals surface area contributed by atoms with Gasteiger partial charge in [-0.25, -0.2) is 4.98 Å². The molecule has 0 radical (unpaired) electrons. The molecular formula is C30H39NOSi. The Labute approximate surface area is 201 Å². The number of hydrogen-bond donors (Lipinski definition) is 0. The van der Waals surface area contributed by atoms with E-state index in [1.54, 1.807) is 0 Å². The lowest BCUT2D eigenvalue weighted by molar-refractivity contribution is 0.283. The summed E-state index contributed by atoms with van der Waals surface area (Å²) in [6.45, 7) is 14.5. The number of rotatable bonds is 9. The molecular weight excluding hydrogens is 418 g/mol. The molecule has 2 nitrogen and oxygen atoms in total. The van der Waals surface area contributed by atoms with E-state index in [2.05, 4.69) is 120 Å². The second kappa shape index (κ2) is 11.1. The van der Waals surface area contributed by atoms with Crippen LogP contribution in [0, 0.1) is 0 Å². The van der Waals surface area contributed by atoms with Crippen LogP contribution in [0.5, 0.6) is 0 Å². The molecule has 0 N–H and O–H groups in total. The van der Waals surface area contributed by atoms with E-state index in [0.717, 1.165) is 42.8 Å². The second-order valence-electron chi connectivity index (χ2n) is 10.2. The van der Waals surface area contributed by atoms with Gasteiger partial charge in [-0.05, 0) is 60.7 Å². The standard InChI is InChI=1S/C30H39NOSi/c1-7-24-17-19-25(20-18-24)28-22-21-27(31-29(28)26-14-10-8-11-15-26)16-12-9-13-23-32-33(5,6)30(2,3)4/h8,10-12,14-22H,7,9,13,23H2,1-6H3. The number of nitrogens with zero attached hydrogens (tertiary/aromatic N) is 1. The Balaban J connectivity index is 1.73. The molecule has 0 unspecified atom stereocenters. The third-order valence-corrected chi connectivity index (χ3v) is 11.2. The minimum Gasteiger partial charge on any atom is -0.417 e. The lowest BCUT2D eigenvalue weighted by Crippen LogP contribution is -2.40. The predicted octanol–water partition coefficient (Wildman–Crippen LogP) is 8.79. The number of unbranched alkanes of at least 4 members (excludes halogenated alkanes) is 1. The van der Waals surface area contributed by atoms with Crippen LogP contribution in [-0.4, -0.2) is 19.9 Å². The van der Waals surface area contributed by atoms with Gasteiger partial charge in [-0.3, -0.25) is 0 Å². The molecule has 3 rings (SSSR count). The second-order valence-corrected chi connectivity index (χ2v) is 15.0. The molecule has 0 atom stereocenters. The van der Waals surface area contributed by atoms with Crippen molar-refractivity contribution in [2.75, 3.05) is 6.61 Å². The van der Waals surface area contributed by atoms with Crippen LogP contribution in [0.15, 0.2) is 72.8 Å². The summed E-state index contributed by atoms with van der Waals surface area (Å²) >= 11 is 0. The maximum absolute atomic E-state index is 6.29. The number of aromatic nitrogens is 1. The third-order valence-electron chi connectivity index (χ3n) is 6.71. The molecule has 3 aromatic rings. The first-order valence-electron chi connectivity index (χ1n) is 12.2. The first kappa shape index (κ1) is 25.1. The fourth-order valence-electron chi connectivity index (χ4n) is 3.49. The van der Waals surface area contributed by atoms with Crippen LogP contribution in [0.2, 0.25) is 18.1 Å². The van der Waals surface area contributed by atoms with Gasteiger partial charge in [0.1, 0.15) is 0 Å². The van der Waals surface area contributed by atoms with Crippen molar-refractivity contribution in [3.8, 4) is 22.4 Å². The van der Waals surface area contributed by atoms with E-state index >= 15 is 0 Å². The summed E-state index contributed by atoms with van der Waals surface area (Å²) in [5.41, 5.74) is 6.90. The average Bonchev–Trinajstić information content (AvgIpc) is 2.81. The highest BCUT2D eigenvalue weighted by molar-refractivity contribution is 6.74. The summed E-state index contributed by atoms with van der Waals surface area (Å²) in [6.07, 6.45) is 7.45.